The number of quaternary nitrogens is 1. The van der Waals surface area contributed by atoms with Crippen LogP contribution in [0.1, 0.15) is 44.9 Å². The van der Waals surface area contributed by atoms with Gasteiger partial charge in [-0.25, -0.2) is 0 Å². The first-order chi connectivity index (χ1) is 12.5. The van der Waals surface area contributed by atoms with Crippen molar-refractivity contribution in [3.63, 3.8) is 0 Å². The second-order valence-corrected chi connectivity index (χ2v) is 9.86. The summed E-state index contributed by atoms with van der Waals surface area (Å²) in [5.41, 5.74) is 0.629. The number of nitrogens with two attached hydrogens (primary N) is 1. The molecule has 144 valence electrons. The zero-order chi connectivity index (χ0) is 18.1. The summed E-state index contributed by atoms with van der Waals surface area (Å²) in [5.74, 6) is 3.63. The molecule has 3 nitrogen and oxygen atoms in total. The van der Waals surface area contributed by atoms with Crippen LogP contribution in [0, 0.1) is 23.2 Å². The first-order valence-corrected chi connectivity index (χ1v) is 10.8. The van der Waals surface area contributed by atoms with Crippen LogP contribution in [0.3, 0.4) is 0 Å². The highest BCUT2D eigenvalue weighted by molar-refractivity contribution is 6.35. The van der Waals surface area contributed by atoms with Crippen molar-refractivity contribution in [3.8, 4) is 5.75 Å². The van der Waals surface area contributed by atoms with Crippen molar-refractivity contribution in [1.29, 1.82) is 0 Å². The maximum Gasteiger partial charge on any atom is 0.138 e. The van der Waals surface area contributed by atoms with E-state index in [2.05, 4.69) is 5.32 Å². The standard InChI is InChI=1S/C21H29Cl2NO2/c22-17-1-2-20(19(23)8-17)26-13-18(25)12-24-4-3-21-9-14-5-15(10-21)7-16(6-14)11-21/h1-2,8,14-16,18,24-25H,3-7,9-13H2/p+1/t14?,15?,16?,18-,21?/m0/s1. The maximum absolute atomic E-state index is 10.2. The molecule has 0 aliphatic heterocycles. The van der Waals surface area contributed by atoms with Crippen molar-refractivity contribution < 1.29 is 15.2 Å². The molecule has 1 aromatic carbocycles. The smallest absolute Gasteiger partial charge is 0.138 e. The third-order valence-electron chi connectivity index (χ3n) is 6.81. The summed E-state index contributed by atoms with van der Waals surface area (Å²) >= 11 is 12.0. The van der Waals surface area contributed by atoms with Crippen LogP contribution in [0.25, 0.3) is 0 Å². The molecule has 0 heterocycles. The molecular weight excluding hydrogens is 369 g/mol. The van der Waals surface area contributed by atoms with E-state index in [1.165, 1.54) is 44.9 Å². The van der Waals surface area contributed by atoms with Gasteiger partial charge >= 0.3 is 0 Å². The zero-order valence-electron chi connectivity index (χ0n) is 15.3. The van der Waals surface area contributed by atoms with Crippen molar-refractivity contribution >= 4 is 23.2 Å². The number of halogens is 2. The molecule has 0 aromatic heterocycles. The molecule has 1 atom stereocenters. The lowest BCUT2D eigenvalue weighted by Crippen LogP contribution is -2.87. The number of aliphatic hydroxyl groups excluding tert-OH is 1. The second kappa shape index (κ2) is 7.87. The largest absolute Gasteiger partial charge is 0.489 e. The molecular formula is C21H30Cl2NO2+. The SMILES string of the molecule is O[C@@H](C[NH2+]CCC12CC3CC(CC(C3)C1)C2)COc1ccc(Cl)cc1Cl. The number of hydrogen-bond acceptors (Lipinski definition) is 2. The van der Waals surface area contributed by atoms with Crippen LogP contribution in [-0.2, 0) is 0 Å². The predicted octanol–water partition coefficient (Wildman–Crippen LogP) is 3.90. The van der Waals surface area contributed by atoms with Crippen molar-refractivity contribution in [3.05, 3.63) is 28.2 Å². The average Bonchev–Trinajstić information content (AvgIpc) is 2.57. The Hall–Kier alpha value is -0.480. The van der Waals surface area contributed by atoms with Gasteiger partial charge in [-0.3, -0.25) is 0 Å². The van der Waals surface area contributed by atoms with Gasteiger partial charge in [0.25, 0.3) is 0 Å². The molecule has 0 amide bonds. The fourth-order valence-corrected chi connectivity index (χ4v) is 6.62. The van der Waals surface area contributed by atoms with E-state index >= 15 is 0 Å². The number of ether oxygens (including phenoxy) is 1. The van der Waals surface area contributed by atoms with Crippen molar-refractivity contribution in [2.75, 3.05) is 19.7 Å². The topological polar surface area (TPSA) is 46.1 Å². The lowest BCUT2D eigenvalue weighted by molar-refractivity contribution is -0.663. The summed E-state index contributed by atoms with van der Waals surface area (Å²) in [4.78, 5) is 0. The molecule has 3 N–H and O–H groups in total. The quantitative estimate of drug-likeness (QED) is 0.652. The summed E-state index contributed by atoms with van der Waals surface area (Å²) in [7, 11) is 0. The molecule has 0 saturated heterocycles. The van der Waals surface area contributed by atoms with Gasteiger partial charge in [0.05, 0.1) is 11.6 Å². The zero-order valence-corrected chi connectivity index (χ0v) is 16.8. The summed E-state index contributed by atoms with van der Waals surface area (Å²) in [5, 5.41) is 13.5. The van der Waals surface area contributed by atoms with Gasteiger partial charge in [0.1, 0.15) is 25.0 Å². The van der Waals surface area contributed by atoms with Gasteiger partial charge in [-0.05, 0) is 79.9 Å². The Morgan fingerprint density at radius 3 is 2.38 bits per heavy atom. The molecule has 5 heteroatoms. The van der Waals surface area contributed by atoms with E-state index in [0.29, 0.717) is 27.8 Å². The lowest BCUT2D eigenvalue weighted by Gasteiger charge is -2.56. The first kappa shape index (κ1) is 18.9. The normalized spacial score (nSPS) is 33.4. The number of rotatable bonds is 8. The molecule has 4 aliphatic rings. The van der Waals surface area contributed by atoms with Crippen LogP contribution in [0.2, 0.25) is 10.0 Å². The predicted molar refractivity (Wildman–Crippen MR) is 105 cm³/mol. The van der Waals surface area contributed by atoms with Crippen LogP contribution in [-0.4, -0.2) is 30.9 Å². The number of benzene rings is 1. The minimum absolute atomic E-state index is 0.259. The van der Waals surface area contributed by atoms with Crippen LogP contribution in [0.15, 0.2) is 18.2 Å². The van der Waals surface area contributed by atoms with E-state index in [1.54, 1.807) is 18.2 Å². The van der Waals surface area contributed by atoms with Gasteiger partial charge in [-0.1, -0.05) is 23.2 Å². The molecule has 1 aromatic rings. The molecule has 0 unspecified atom stereocenters. The van der Waals surface area contributed by atoms with E-state index in [0.717, 1.165) is 24.3 Å². The summed E-state index contributed by atoms with van der Waals surface area (Å²) in [6, 6.07) is 5.14. The van der Waals surface area contributed by atoms with E-state index in [9.17, 15) is 5.11 Å². The van der Waals surface area contributed by atoms with Gasteiger partial charge in [0.2, 0.25) is 0 Å². The van der Waals surface area contributed by atoms with Crippen LogP contribution in [0.4, 0.5) is 0 Å². The van der Waals surface area contributed by atoms with Crippen molar-refractivity contribution in [1.82, 2.24) is 0 Å². The molecule has 0 spiro atoms. The van der Waals surface area contributed by atoms with E-state index in [-0.39, 0.29) is 6.61 Å². The Balaban J connectivity index is 1.17. The van der Waals surface area contributed by atoms with Gasteiger partial charge in [-0.15, -0.1) is 0 Å². The van der Waals surface area contributed by atoms with E-state index in [4.69, 9.17) is 27.9 Å². The Morgan fingerprint density at radius 2 is 1.77 bits per heavy atom. The summed E-state index contributed by atoms with van der Waals surface area (Å²) in [6.07, 6.45) is 9.74. The highest BCUT2D eigenvalue weighted by Crippen LogP contribution is 2.61. The molecule has 0 radical (unpaired) electrons. The molecule has 4 bridgehead atoms. The second-order valence-electron chi connectivity index (χ2n) is 9.02. The third-order valence-corrected chi connectivity index (χ3v) is 7.34. The lowest BCUT2D eigenvalue weighted by atomic mass is 9.49. The van der Waals surface area contributed by atoms with Crippen LogP contribution < -0.4 is 10.1 Å². The molecule has 4 aliphatic carbocycles. The van der Waals surface area contributed by atoms with Crippen molar-refractivity contribution in [2.24, 2.45) is 23.2 Å². The Kier molecular flexibility index (Phi) is 5.71. The van der Waals surface area contributed by atoms with Gasteiger partial charge in [-0.2, -0.15) is 0 Å². The van der Waals surface area contributed by atoms with Gasteiger partial charge in [0, 0.05) is 11.4 Å². The van der Waals surface area contributed by atoms with Gasteiger partial charge in [0.15, 0.2) is 0 Å². The monoisotopic (exact) mass is 398 g/mol. The van der Waals surface area contributed by atoms with E-state index < -0.39 is 6.10 Å². The van der Waals surface area contributed by atoms with Crippen LogP contribution in [0.5, 0.6) is 5.75 Å². The Bertz CT molecular complexity index is 601. The van der Waals surface area contributed by atoms with Crippen LogP contribution >= 0.6 is 23.2 Å². The minimum atomic E-state index is -0.488. The molecule has 4 fully saturated rings. The minimum Gasteiger partial charge on any atom is -0.489 e. The summed E-state index contributed by atoms with van der Waals surface area (Å²) < 4.78 is 5.62. The molecule has 4 saturated carbocycles. The molecule has 26 heavy (non-hydrogen) atoms. The summed E-state index contributed by atoms with van der Waals surface area (Å²) in [6.45, 7) is 2.05. The maximum atomic E-state index is 10.2. The average molecular weight is 399 g/mol. The fraction of sp³-hybridized carbons (Fsp3) is 0.714. The Morgan fingerprint density at radius 1 is 1.12 bits per heavy atom. The number of aliphatic hydroxyl groups is 1. The van der Waals surface area contributed by atoms with Crippen molar-refractivity contribution in [2.45, 2.75) is 51.0 Å². The van der Waals surface area contributed by atoms with Gasteiger partial charge < -0.3 is 15.2 Å². The first-order valence-electron chi connectivity index (χ1n) is 10.1. The Labute approximate surface area is 166 Å². The molecule has 5 rings (SSSR count). The number of hydrogen-bond donors (Lipinski definition) is 2. The highest BCUT2D eigenvalue weighted by atomic mass is 35.5. The fourth-order valence-electron chi connectivity index (χ4n) is 6.16. The third kappa shape index (κ3) is 4.32. The van der Waals surface area contributed by atoms with E-state index in [1.807, 2.05) is 0 Å². The highest BCUT2D eigenvalue weighted by Gasteiger charge is 2.50.